The number of benzene rings is 3. The summed E-state index contributed by atoms with van der Waals surface area (Å²) in [6, 6.07) is 17.4. The van der Waals surface area contributed by atoms with E-state index < -0.39 is 52.9 Å². The zero-order valence-electron chi connectivity index (χ0n) is 46.4. The number of likely N-dealkylation sites (N-methyl/N-ethyl adjacent to an activating group) is 2. The Balaban J connectivity index is 1.11. The fourth-order valence-corrected chi connectivity index (χ4v) is 10.9. The molecule has 2 saturated heterocycles. The average molecular weight is 1040 g/mol. The molecule has 2 heterocycles. The number of rotatable bonds is 15. The van der Waals surface area contributed by atoms with Gasteiger partial charge in [-0.05, 0) is 124 Å². The van der Waals surface area contributed by atoms with E-state index >= 15 is 0 Å². The topological polar surface area (TPSA) is 205 Å². The minimum atomic E-state index is -1.07. The van der Waals surface area contributed by atoms with Gasteiger partial charge in [0, 0.05) is 49.0 Å². The lowest BCUT2D eigenvalue weighted by Gasteiger charge is -2.44. The van der Waals surface area contributed by atoms with E-state index in [0.29, 0.717) is 11.3 Å². The molecular weight excluding hydrogens is 961 g/mol. The predicted molar refractivity (Wildman–Crippen MR) is 294 cm³/mol. The molecule has 0 radical (unpaired) electrons. The molecule has 4 aliphatic rings. The van der Waals surface area contributed by atoms with Gasteiger partial charge in [0.15, 0.2) is 0 Å². The monoisotopic (exact) mass is 1040 g/mol. The summed E-state index contributed by atoms with van der Waals surface area (Å²) in [5.41, 5.74) is 4.36. The number of aryl methyl sites for hydroxylation is 2. The van der Waals surface area contributed by atoms with E-state index in [1.807, 2.05) is 91.9 Å². The van der Waals surface area contributed by atoms with Crippen molar-refractivity contribution in [2.24, 2.45) is 10.8 Å². The molecule has 7 amide bonds. The van der Waals surface area contributed by atoms with Crippen LogP contribution in [0.25, 0.3) is 0 Å². The molecule has 17 nitrogen and oxygen atoms in total. The molecule has 3 aromatic carbocycles. The third-order valence-electron chi connectivity index (χ3n) is 15.9. The van der Waals surface area contributed by atoms with Crippen molar-refractivity contribution in [3.63, 3.8) is 0 Å². The Labute approximate surface area is 449 Å². The van der Waals surface area contributed by atoms with E-state index in [4.69, 9.17) is 0 Å². The van der Waals surface area contributed by atoms with Crippen molar-refractivity contribution < 1.29 is 33.6 Å². The Morgan fingerprint density at radius 1 is 0.553 bits per heavy atom. The van der Waals surface area contributed by atoms with E-state index in [-0.39, 0.29) is 92.5 Å². The lowest BCUT2D eigenvalue weighted by molar-refractivity contribution is -0.148. The van der Waals surface area contributed by atoms with Gasteiger partial charge in [-0.2, -0.15) is 0 Å². The summed E-state index contributed by atoms with van der Waals surface area (Å²) < 4.78 is 0. The summed E-state index contributed by atoms with van der Waals surface area (Å²) >= 11 is 0. The van der Waals surface area contributed by atoms with Crippen LogP contribution in [-0.2, 0) is 36.8 Å². The van der Waals surface area contributed by atoms with Crippen molar-refractivity contribution in [1.29, 1.82) is 0 Å². The third-order valence-corrected chi connectivity index (χ3v) is 15.9. The van der Waals surface area contributed by atoms with E-state index in [2.05, 4.69) is 50.6 Å². The third kappa shape index (κ3) is 13.0. The molecule has 0 bridgehead atoms. The van der Waals surface area contributed by atoms with Crippen LogP contribution < -0.4 is 31.9 Å². The Hall–Kier alpha value is -6.59. The highest BCUT2D eigenvalue weighted by atomic mass is 16.2. The van der Waals surface area contributed by atoms with Gasteiger partial charge in [0.1, 0.15) is 24.2 Å². The first kappa shape index (κ1) is 57.1. The maximum Gasteiger partial charge on any atom is 0.253 e. The van der Waals surface area contributed by atoms with Gasteiger partial charge < -0.3 is 51.5 Å². The highest BCUT2D eigenvalue weighted by Crippen LogP contribution is 2.33. The van der Waals surface area contributed by atoms with Crippen LogP contribution in [0.3, 0.4) is 0 Å². The Bertz CT molecular complexity index is 2460. The first-order valence-electron chi connectivity index (χ1n) is 27.2. The van der Waals surface area contributed by atoms with Crippen LogP contribution in [0.4, 0.5) is 0 Å². The Morgan fingerprint density at radius 2 is 0.947 bits per heavy atom. The molecule has 17 heteroatoms. The maximum absolute atomic E-state index is 14.8. The second-order valence-corrected chi connectivity index (χ2v) is 23.3. The van der Waals surface area contributed by atoms with E-state index in [0.717, 1.165) is 55.2 Å². The molecule has 3 aromatic rings. The van der Waals surface area contributed by atoms with Gasteiger partial charge >= 0.3 is 0 Å². The van der Waals surface area contributed by atoms with Crippen LogP contribution in [0.5, 0.6) is 0 Å². The van der Waals surface area contributed by atoms with Crippen molar-refractivity contribution in [3.8, 4) is 0 Å². The fraction of sp³-hybridized carbons (Fsp3) is 0.542. The zero-order chi connectivity index (χ0) is 55.2. The largest absolute Gasteiger partial charge is 0.376 e. The number of hydrogen-bond acceptors (Lipinski definition) is 10. The molecular formula is C59H82N10O7. The van der Waals surface area contributed by atoms with Gasteiger partial charge in [0.25, 0.3) is 11.8 Å². The summed E-state index contributed by atoms with van der Waals surface area (Å²) in [7, 11) is 3.48. The SMILES string of the molecule is C=C(N[C@H](C(=O)N1CCN(C(=O)c2ccc(C(=O)N3CCN(C(=O)[C@@H](NC(=O)[C@H](C)NC)C(C)(C)C)[C@H](C(=O)N[C@@H]4CCCc5ccccc54)C3)cc2)C[C@H]1C(=O)N[C@@H]1CCCc2ccccc21)C(C)(C)C)[C@H](C)NC. The van der Waals surface area contributed by atoms with Crippen LogP contribution in [0, 0.1) is 10.8 Å². The highest BCUT2D eigenvalue weighted by Gasteiger charge is 2.46. The van der Waals surface area contributed by atoms with Crippen molar-refractivity contribution in [2.75, 3.05) is 53.4 Å². The van der Waals surface area contributed by atoms with Crippen LogP contribution in [0.15, 0.2) is 85.1 Å². The Kier molecular flexibility index (Phi) is 18.2. The van der Waals surface area contributed by atoms with Crippen LogP contribution >= 0.6 is 0 Å². The molecule has 2 aliphatic carbocycles. The number of carbonyl (C=O) groups is 7. The summed E-state index contributed by atoms with van der Waals surface area (Å²) in [6.07, 6.45) is 5.06. The number of amides is 7. The quantitative estimate of drug-likeness (QED) is 0.125. The van der Waals surface area contributed by atoms with Gasteiger partial charge in [-0.3, -0.25) is 33.6 Å². The minimum Gasteiger partial charge on any atom is -0.376 e. The van der Waals surface area contributed by atoms with Gasteiger partial charge in [0.2, 0.25) is 29.5 Å². The van der Waals surface area contributed by atoms with Crippen LogP contribution in [0.1, 0.15) is 136 Å². The predicted octanol–water partition coefficient (Wildman–Crippen LogP) is 4.64. The number of piperazine rings is 2. The van der Waals surface area contributed by atoms with Crippen molar-refractivity contribution in [1.82, 2.24) is 51.5 Å². The molecule has 410 valence electrons. The lowest BCUT2D eigenvalue weighted by Crippen LogP contribution is -2.66. The van der Waals surface area contributed by atoms with Crippen LogP contribution in [0.2, 0.25) is 0 Å². The second-order valence-electron chi connectivity index (χ2n) is 23.3. The van der Waals surface area contributed by atoms with E-state index in [9.17, 15) is 33.6 Å². The first-order chi connectivity index (χ1) is 36.0. The van der Waals surface area contributed by atoms with E-state index in [1.54, 1.807) is 52.9 Å². The molecule has 6 N–H and O–H groups in total. The summed E-state index contributed by atoms with van der Waals surface area (Å²) in [4.78, 5) is 107. The number of nitrogens with zero attached hydrogens (tertiary/aromatic N) is 4. The molecule has 0 aromatic heterocycles. The van der Waals surface area contributed by atoms with Crippen molar-refractivity contribution >= 4 is 41.4 Å². The average Bonchev–Trinajstić information content (AvgIpc) is 3.41. The van der Waals surface area contributed by atoms with Gasteiger partial charge in [0.05, 0.1) is 31.2 Å². The van der Waals surface area contributed by atoms with E-state index in [1.165, 1.54) is 10.5 Å². The van der Waals surface area contributed by atoms with Crippen LogP contribution in [-0.4, -0.2) is 151 Å². The zero-order valence-corrected chi connectivity index (χ0v) is 46.4. The fourth-order valence-electron chi connectivity index (χ4n) is 10.9. The molecule has 76 heavy (non-hydrogen) atoms. The molecule has 7 rings (SSSR count). The summed E-state index contributed by atoms with van der Waals surface area (Å²) in [5.74, 6) is -2.50. The summed E-state index contributed by atoms with van der Waals surface area (Å²) in [6.45, 7) is 19.6. The lowest BCUT2D eigenvalue weighted by atomic mass is 9.84. The molecule has 8 atom stereocenters. The minimum absolute atomic E-state index is 0.0391. The second kappa shape index (κ2) is 24.2. The molecule has 0 saturated carbocycles. The number of nitrogens with one attached hydrogen (secondary N) is 6. The van der Waals surface area contributed by atoms with Crippen molar-refractivity contribution in [3.05, 3.63) is 118 Å². The molecule has 2 fully saturated rings. The number of hydrogen-bond donors (Lipinski definition) is 6. The maximum atomic E-state index is 14.8. The molecule has 0 unspecified atom stereocenters. The number of carbonyl (C=O) groups excluding carboxylic acids is 7. The highest BCUT2D eigenvalue weighted by molar-refractivity contribution is 6.00. The normalized spacial score (nSPS) is 21.4. The van der Waals surface area contributed by atoms with Gasteiger partial charge in [-0.1, -0.05) is 96.7 Å². The van der Waals surface area contributed by atoms with Gasteiger partial charge in [-0.25, -0.2) is 0 Å². The molecule has 0 spiro atoms. The molecule has 2 aliphatic heterocycles. The number of fused-ring (bicyclic) bond motifs is 2. The Morgan fingerprint density at radius 3 is 1.34 bits per heavy atom. The van der Waals surface area contributed by atoms with Gasteiger partial charge in [-0.15, -0.1) is 0 Å². The first-order valence-corrected chi connectivity index (χ1v) is 27.2. The summed E-state index contributed by atoms with van der Waals surface area (Å²) in [5, 5.41) is 18.9. The smallest absolute Gasteiger partial charge is 0.253 e. The van der Waals surface area contributed by atoms with Crippen molar-refractivity contribution in [2.45, 2.75) is 142 Å². The standard InChI is InChI=1S/C59H82N10O7/c1-36(60-10)37(2)62-49(58(4,5)6)56(75)68-32-30-66(34-47(68)52(71)63-45-24-16-20-39-18-12-14-22-43(39)45)54(73)41-26-28-42(29-27-41)55(74)67-31-33-69(57(76)50(59(7,8)9)65-51(70)38(3)61-11)48(35-67)53(72)64-46-25-17-21-40-19-13-15-23-44(40)46/h12-15,18-19,22-23,26-29,36,38,45-50,60-62H,2,16-17,20-21,24-25,30-35H2,1,3-11H3,(H,63,71)(H,64,72)(H,65,70)/t36-,38-,45+,46+,47-,48-,49+,50+/m0/s1.